The molecule has 0 heterocycles. The summed E-state index contributed by atoms with van der Waals surface area (Å²) in [7, 11) is 0. The van der Waals surface area contributed by atoms with Gasteiger partial charge in [0.15, 0.2) is 0 Å². The highest BCUT2D eigenvalue weighted by atomic mass is 15.3. The molecule has 0 aromatic heterocycles. The molecule has 1 aliphatic rings. The van der Waals surface area contributed by atoms with E-state index in [1.54, 1.807) is 0 Å². The molecular formula is C14H22N4. The van der Waals surface area contributed by atoms with Gasteiger partial charge < -0.3 is 5.32 Å². The van der Waals surface area contributed by atoms with Crippen molar-refractivity contribution in [1.29, 1.82) is 0 Å². The summed E-state index contributed by atoms with van der Waals surface area (Å²) in [5, 5.41) is 3.25. The van der Waals surface area contributed by atoms with Crippen molar-refractivity contribution in [2.24, 2.45) is 10.8 Å². The maximum absolute atomic E-state index is 5.53. The average Bonchev–Trinajstić information content (AvgIpc) is 2.79. The zero-order valence-corrected chi connectivity index (χ0v) is 11.2. The van der Waals surface area contributed by atoms with Gasteiger partial charge in [0.05, 0.1) is 6.04 Å². The van der Waals surface area contributed by atoms with Gasteiger partial charge in [0.25, 0.3) is 0 Å². The van der Waals surface area contributed by atoms with Gasteiger partial charge in [-0.05, 0) is 49.9 Å². The number of hydrazine groups is 1. The van der Waals surface area contributed by atoms with E-state index in [4.69, 9.17) is 5.84 Å². The lowest BCUT2D eigenvalue weighted by molar-refractivity contribution is 0.700. The molecule has 0 spiro atoms. The third-order valence-corrected chi connectivity index (χ3v) is 3.26. The fourth-order valence-electron chi connectivity index (χ4n) is 2.51. The van der Waals surface area contributed by atoms with E-state index < -0.39 is 0 Å². The summed E-state index contributed by atoms with van der Waals surface area (Å²) in [6.45, 7) is 4.17. The maximum Gasteiger partial charge on any atom is 0.210 e. The highest BCUT2D eigenvalue weighted by Gasteiger charge is 2.14. The number of benzene rings is 1. The van der Waals surface area contributed by atoms with Crippen LogP contribution in [0, 0.1) is 13.8 Å². The second kappa shape index (κ2) is 5.87. The van der Waals surface area contributed by atoms with Crippen LogP contribution in [0.3, 0.4) is 0 Å². The Bertz CT molecular complexity index is 413. The summed E-state index contributed by atoms with van der Waals surface area (Å²) in [6.07, 6.45) is 4.88. The van der Waals surface area contributed by atoms with Gasteiger partial charge in [-0.25, -0.2) is 10.8 Å². The van der Waals surface area contributed by atoms with Crippen LogP contribution in [-0.2, 0) is 0 Å². The van der Waals surface area contributed by atoms with Crippen LogP contribution in [0.25, 0.3) is 0 Å². The van der Waals surface area contributed by atoms with Crippen LogP contribution < -0.4 is 16.6 Å². The SMILES string of the molecule is Cc1cc(C)cc(NC(=NC2CCCC2)NN)c1. The third kappa shape index (κ3) is 3.47. The van der Waals surface area contributed by atoms with Crippen molar-refractivity contribution >= 4 is 11.6 Å². The maximum atomic E-state index is 5.53. The van der Waals surface area contributed by atoms with Crippen LogP contribution >= 0.6 is 0 Å². The summed E-state index contributed by atoms with van der Waals surface area (Å²) in [4.78, 5) is 4.62. The average molecular weight is 246 g/mol. The molecule has 4 heteroatoms. The van der Waals surface area contributed by atoms with Crippen LogP contribution in [-0.4, -0.2) is 12.0 Å². The molecule has 4 N–H and O–H groups in total. The van der Waals surface area contributed by atoms with Crippen LogP contribution in [0.15, 0.2) is 23.2 Å². The van der Waals surface area contributed by atoms with E-state index in [1.807, 2.05) is 0 Å². The lowest BCUT2D eigenvalue weighted by atomic mass is 10.1. The highest BCUT2D eigenvalue weighted by Crippen LogP contribution is 2.21. The molecule has 4 nitrogen and oxygen atoms in total. The molecule has 0 amide bonds. The number of hydrogen-bond donors (Lipinski definition) is 3. The number of rotatable bonds is 2. The largest absolute Gasteiger partial charge is 0.325 e. The molecule has 0 bridgehead atoms. The minimum absolute atomic E-state index is 0.412. The number of anilines is 1. The van der Waals surface area contributed by atoms with Crippen molar-refractivity contribution < 1.29 is 0 Å². The zero-order valence-electron chi connectivity index (χ0n) is 11.2. The lowest BCUT2D eigenvalue weighted by Gasteiger charge is -2.12. The normalized spacial score (nSPS) is 16.9. The van der Waals surface area contributed by atoms with E-state index in [9.17, 15) is 0 Å². The van der Waals surface area contributed by atoms with Crippen molar-refractivity contribution in [1.82, 2.24) is 5.43 Å². The Kier molecular flexibility index (Phi) is 4.20. The molecule has 98 valence electrons. The Morgan fingerprint density at radius 1 is 1.17 bits per heavy atom. The molecule has 1 fully saturated rings. The van der Waals surface area contributed by atoms with E-state index in [1.165, 1.54) is 36.8 Å². The summed E-state index contributed by atoms with van der Waals surface area (Å²) >= 11 is 0. The van der Waals surface area contributed by atoms with E-state index in [2.05, 4.69) is 47.8 Å². The lowest BCUT2D eigenvalue weighted by Crippen LogP contribution is -2.37. The van der Waals surface area contributed by atoms with Gasteiger partial charge in [-0.2, -0.15) is 0 Å². The fourth-order valence-corrected chi connectivity index (χ4v) is 2.51. The summed E-state index contributed by atoms with van der Waals surface area (Å²) < 4.78 is 0. The second-order valence-electron chi connectivity index (χ2n) is 5.06. The summed E-state index contributed by atoms with van der Waals surface area (Å²) in [5.41, 5.74) is 6.15. The van der Waals surface area contributed by atoms with E-state index in [0.717, 1.165) is 5.69 Å². The predicted octanol–water partition coefficient (Wildman–Crippen LogP) is 2.48. The number of nitrogens with two attached hydrogens (primary N) is 1. The predicted molar refractivity (Wildman–Crippen MR) is 76.6 cm³/mol. The van der Waals surface area contributed by atoms with Gasteiger partial charge in [0.1, 0.15) is 0 Å². The number of aliphatic imine (C=N–C) groups is 1. The van der Waals surface area contributed by atoms with Gasteiger partial charge >= 0.3 is 0 Å². The van der Waals surface area contributed by atoms with Crippen LogP contribution in [0.4, 0.5) is 5.69 Å². The van der Waals surface area contributed by atoms with Crippen molar-refractivity contribution in [2.75, 3.05) is 5.32 Å². The molecule has 0 unspecified atom stereocenters. The Balaban J connectivity index is 2.09. The topological polar surface area (TPSA) is 62.4 Å². The quantitative estimate of drug-likeness (QED) is 0.325. The van der Waals surface area contributed by atoms with Crippen molar-refractivity contribution in [2.45, 2.75) is 45.6 Å². The molecule has 1 aromatic carbocycles. The Hall–Kier alpha value is -1.55. The summed E-state index contributed by atoms with van der Waals surface area (Å²) in [6, 6.07) is 6.74. The van der Waals surface area contributed by atoms with Gasteiger partial charge in [-0.1, -0.05) is 18.9 Å². The van der Waals surface area contributed by atoms with Gasteiger partial charge in [0.2, 0.25) is 5.96 Å². The first kappa shape index (κ1) is 12.9. The van der Waals surface area contributed by atoms with E-state index in [0.29, 0.717) is 12.0 Å². The molecule has 0 aliphatic heterocycles. The second-order valence-corrected chi connectivity index (χ2v) is 5.06. The molecule has 1 saturated carbocycles. The third-order valence-electron chi connectivity index (χ3n) is 3.26. The molecule has 1 aliphatic carbocycles. The first-order chi connectivity index (χ1) is 8.67. The zero-order chi connectivity index (χ0) is 13.0. The van der Waals surface area contributed by atoms with E-state index >= 15 is 0 Å². The van der Waals surface area contributed by atoms with Crippen molar-refractivity contribution in [3.05, 3.63) is 29.3 Å². The number of aryl methyl sites for hydroxylation is 2. The molecule has 2 rings (SSSR count). The Labute approximate surface area is 109 Å². The molecular weight excluding hydrogens is 224 g/mol. The number of nitrogens with zero attached hydrogens (tertiary/aromatic N) is 1. The molecule has 1 aromatic rings. The van der Waals surface area contributed by atoms with E-state index in [-0.39, 0.29) is 0 Å². The van der Waals surface area contributed by atoms with Gasteiger partial charge in [0, 0.05) is 5.69 Å². The highest BCUT2D eigenvalue weighted by molar-refractivity contribution is 5.93. The minimum atomic E-state index is 0.412. The molecule has 0 atom stereocenters. The number of guanidine groups is 1. The smallest absolute Gasteiger partial charge is 0.210 e. The molecule has 0 saturated heterocycles. The number of hydrogen-bond acceptors (Lipinski definition) is 2. The Morgan fingerprint density at radius 2 is 1.78 bits per heavy atom. The minimum Gasteiger partial charge on any atom is -0.325 e. The standard InChI is InChI=1S/C14H22N4/c1-10-7-11(2)9-13(8-10)17-14(18-15)16-12-5-3-4-6-12/h7-9,12H,3-6,15H2,1-2H3,(H2,16,17,18). The summed E-state index contributed by atoms with van der Waals surface area (Å²) in [5.74, 6) is 6.19. The monoisotopic (exact) mass is 246 g/mol. The van der Waals surface area contributed by atoms with Crippen LogP contribution in [0.5, 0.6) is 0 Å². The molecule has 0 radical (unpaired) electrons. The van der Waals surface area contributed by atoms with Crippen molar-refractivity contribution in [3.63, 3.8) is 0 Å². The molecule has 18 heavy (non-hydrogen) atoms. The first-order valence-corrected chi connectivity index (χ1v) is 6.57. The Morgan fingerprint density at radius 3 is 2.33 bits per heavy atom. The van der Waals surface area contributed by atoms with Crippen molar-refractivity contribution in [3.8, 4) is 0 Å². The van der Waals surface area contributed by atoms with Crippen LogP contribution in [0.2, 0.25) is 0 Å². The number of nitrogens with one attached hydrogen (secondary N) is 2. The van der Waals surface area contributed by atoms with Gasteiger partial charge in [-0.3, -0.25) is 5.43 Å². The van der Waals surface area contributed by atoms with Crippen LogP contribution in [0.1, 0.15) is 36.8 Å². The first-order valence-electron chi connectivity index (χ1n) is 6.57. The van der Waals surface area contributed by atoms with Gasteiger partial charge in [-0.15, -0.1) is 0 Å². The fraction of sp³-hybridized carbons (Fsp3) is 0.500.